The molecule has 2 aromatic rings. The first kappa shape index (κ1) is 11.7. The Kier molecular flexibility index (Phi) is 3.16. The van der Waals surface area contributed by atoms with Crippen molar-refractivity contribution in [2.45, 2.75) is 25.7 Å². The van der Waals surface area contributed by atoms with Crippen LogP contribution in [-0.2, 0) is 12.8 Å². The highest BCUT2D eigenvalue weighted by molar-refractivity contribution is 5.42. The van der Waals surface area contributed by atoms with Crippen molar-refractivity contribution in [1.29, 1.82) is 5.26 Å². The zero-order chi connectivity index (χ0) is 13.1. The van der Waals surface area contributed by atoms with Crippen LogP contribution < -0.4 is 4.74 Å². The molecule has 0 unspecified atom stereocenters. The molecule has 19 heavy (non-hydrogen) atoms. The van der Waals surface area contributed by atoms with Crippen LogP contribution in [0.2, 0.25) is 0 Å². The molecule has 3 rings (SSSR count). The quantitative estimate of drug-likeness (QED) is 0.817. The van der Waals surface area contributed by atoms with E-state index in [2.05, 4.69) is 23.2 Å². The van der Waals surface area contributed by atoms with Crippen molar-refractivity contribution in [3.05, 3.63) is 53.2 Å². The van der Waals surface area contributed by atoms with Gasteiger partial charge in [-0.1, -0.05) is 6.07 Å². The van der Waals surface area contributed by atoms with Crippen molar-refractivity contribution in [1.82, 2.24) is 4.98 Å². The van der Waals surface area contributed by atoms with E-state index in [4.69, 9.17) is 10.00 Å². The van der Waals surface area contributed by atoms with E-state index in [1.54, 1.807) is 18.3 Å². The molecule has 94 valence electrons. The van der Waals surface area contributed by atoms with Gasteiger partial charge in [0.25, 0.3) is 0 Å². The molecule has 1 heterocycles. The Morgan fingerprint density at radius 3 is 2.79 bits per heavy atom. The molecule has 0 aliphatic heterocycles. The minimum absolute atomic E-state index is 0.376. The van der Waals surface area contributed by atoms with Crippen LogP contribution in [0.1, 0.15) is 29.5 Å². The van der Waals surface area contributed by atoms with Crippen LogP contribution in [-0.4, -0.2) is 4.98 Å². The number of pyridine rings is 1. The summed E-state index contributed by atoms with van der Waals surface area (Å²) in [7, 11) is 0. The molecule has 3 nitrogen and oxygen atoms in total. The Morgan fingerprint density at radius 1 is 1.11 bits per heavy atom. The molecule has 1 aromatic heterocycles. The van der Waals surface area contributed by atoms with Gasteiger partial charge in [0.2, 0.25) is 5.88 Å². The van der Waals surface area contributed by atoms with E-state index >= 15 is 0 Å². The number of aromatic nitrogens is 1. The van der Waals surface area contributed by atoms with Gasteiger partial charge in [-0.05, 0) is 61.1 Å². The first-order valence-corrected chi connectivity index (χ1v) is 6.51. The summed E-state index contributed by atoms with van der Waals surface area (Å²) in [6.07, 6.45) is 6.41. The van der Waals surface area contributed by atoms with E-state index in [1.807, 2.05) is 6.07 Å². The summed E-state index contributed by atoms with van der Waals surface area (Å²) in [6.45, 7) is 0. The van der Waals surface area contributed by atoms with E-state index < -0.39 is 0 Å². The maximum atomic E-state index is 9.02. The van der Waals surface area contributed by atoms with Gasteiger partial charge in [-0.15, -0.1) is 0 Å². The van der Waals surface area contributed by atoms with Crippen molar-refractivity contribution in [2.75, 3.05) is 0 Å². The third-order valence-electron chi connectivity index (χ3n) is 3.43. The number of hydrogen-bond acceptors (Lipinski definition) is 3. The standard InChI is InChI=1S/C16H14N2O/c17-11-14-6-3-9-18-16(14)19-15-8-7-12-4-1-2-5-13(12)10-15/h3,6-10H,1-2,4-5H2. The molecular weight excluding hydrogens is 236 g/mol. The summed E-state index contributed by atoms with van der Waals surface area (Å²) in [5.41, 5.74) is 3.23. The molecule has 0 amide bonds. The Balaban J connectivity index is 1.89. The first-order valence-electron chi connectivity index (χ1n) is 6.51. The maximum Gasteiger partial charge on any atom is 0.237 e. The number of nitriles is 1. The maximum absolute atomic E-state index is 9.02. The Hall–Kier alpha value is -2.34. The summed E-state index contributed by atoms with van der Waals surface area (Å²) in [5, 5.41) is 9.02. The second kappa shape index (κ2) is 5.11. The summed E-state index contributed by atoms with van der Waals surface area (Å²) >= 11 is 0. The molecule has 0 bridgehead atoms. The van der Waals surface area contributed by atoms with Crippen molar-refractivity contribution in [2.24, 2.45) is 0 Å². The van der Waals surface area contributed by atoms with Crippen LogP contribution in [0.25, 0.3) is 0 Å². The number of hydrogen-bond donors (Lipinski definition) is 0. The lowest BCUT2D eigenvalue weighted by Gasteiger charge is -2.16. The second-order valence-electron chi connectivity index (χ2n) is 4.71. The van der Waals surface area contributed by atoms with Crippen LogP contribution in [0.4, 0.5) is 0 Å². The van der Waals surface area contributed by atoms with Crippen LogP contribution in [0, 0.1) is 11.3 Å². The highest BCUT2D eigenvalue weighted by Gasteiger charge is 2.11. The molecule has 1 aliphatic carbocycles. The van der Waals surface area contributed by atoms with Crippen molar-refractivity contribution in [3.8, 4) is 17.7 Å². The average Bonchev–Trinajstić information content (AvgIpc) is 2.48. The van der Waals surface area contributed by atoms with Gasteiger partial charge in [0.15, 0.2) is 0 Å². The van der Waals surface area contributed by atoms with Gasteiger partial charge in [-0.3, -0.25) is 0 Å². The minimum Gasteiger partial charge on any atom is -0.438 e. The van der Waals surface area contributed by atoms with Gasteiger partial charge in [-0.25, -0.2) is 4.98 Å². The van der Waals surface area contributed by atoms with Crippen LogP contribution in [0.15, 0.2) is 36.5 Å². The van der Waals surface area contributed by atoms with Gasteiger partial charge < -0.3 is 4.74 Å². The largest absolute Gasteiger partial charge is 0.438 e. The SMILES string of the molecule is N#Cc1cccnc1Oc1ccc2c(c1)CCCC2. The Bertz CT molecular complexity index is 643. The fraction of sp³-hybridized carbons (Fsp3) is 0.250. The zero-order valence-electron chi connectivity index (χ0n) is 10.6. The number of nitrogens with zero attached hydrogens (tertiary/aromatic N) is 2. The number of ether oxygens (including phenoxy) is 1. The molecule has 1 aliphatic rings. The number of aryl methyl sites for hydroxylation is 2. The van der Waals surface area contributed by atoms with Crippen molar-refractivity contribution >= 4 is 0 Å². The fourth-order valence-corrected chi connectivity index (χ4v) is 2.44. The Labute approximate surface area is 112 Å². The molecule has 0 saturated carbocycles. The summed E-state index contributed by atoms with van der Waals surface area (Å²) in [6, 6.07) is 11.7. The molecule has 0 fully saturated rings. The van der Waals surface area contributed by atoms with Gasteiger partial charge >= 0.3 is 0 Å². The van der Waals surface area contributed by atoms with Gasteiger partial charge in [0, 0.05) is 6.20 Å². The molecular formula is C16H14N2O. The number of rotatable bonds is 2. The van der Waals surface area contributed by atoms with Gasteiger partial charge in [-0.2, -0.15) is 5.26 Å². The normalized spacial score (nSPS) is 13.4. The molecule has 0 saturated heterocycles. The molecule has 0 atom stereocenters. The lowest BCUT2D eigenvalue weighted by molar-refractivity contribution is 0.459. The van der Waals surface area contributed by atoms with Gasteiger partial charge in [0.1, 0.15) is 17.4 Å². The molecule has 0 N–H and O–H groups in total. The van der Waals surface area contributed by atoms with Crippen LogP contribution >= 0.6 is 0 Å². The van der Waals surface area contributed by atoms with E-state index in [1.165, 1.54) is 24.0 Å². The second-order valence-corrected chi connectivity index (χ2v) is 4.71. The molecule has 3 heteroatoms. The Morgan fingerprint density at radius 2 is 1.95 bits per heavy atom. The first-order chi connectivity index (χ1) is 9.36. The lowest BCUT2D eigenvalue weighted by atomic mass is 9.92. The van der Waals surface area contributed by atoms with Gasteiger partial charge in [0.05, 0.1) is 0 Å². The zero-order valence-corrected chi connectivity index (χ0v) is 10.6. The predicted molar refractivity (Wildman–Crippen MR) is 72.1 cm³/mol. The summed E-state index contributed by atoms with van der Waals surface area (Å²) in [5.74, 6) is 1.14. The van der Waals surface area contributed by atoms with E-state index in [9.17, 15) is 0 Å². The van der Waals surface area contributed by atoms with Crippen LogP contribution in [0.3, 0.4) is 0 Å². The lowest BCUT2D eigenvalue weighted by Crippen LogP contribution is -2.02. The highest BCUT2D eigenvalue weighted by atomic mass is 16.5. The molecule has 1 aromatic carbocycles. The average molecular weight is 250 g/mol. The topological polar surface area (TPSA) is 45.9 Å². The summed E-state index contributed by atoms with van der Waals surface area (Å²) in [4.78, 5) is 4.11. The number of benzene rings is 1. The van der Waals surface area contributed by atoms with E-state index in [0.29, 0.717) is 11.4 Å². The third-order valence-corrected chi connectivity index (χ3v) is 3.43. The highest BCUT2D eigenvalue weighted by Crippen LogP contribution is 2.28. The summed E-state index contributed by atoms with van der Waals surface area (Å²) < 4.78 is 5.73. The van der Waals surface area contributed by atoms with E-state index in [-0.39, 0.29) is 0 Å². The smallest absolute Gasteiger partial charge is 0.237 e. The van der Waals surface area contributed by atoms with Crippen molar-refractivity contribution in [3.63, 3.8) is 0 Å². The molecule has 0 spiro atoms. The fourth-order valence-electron chi connectivity index (χ4n) is 2.44. The molecule has 0 radical (unpaired) electrons. The van der Waals surface area contributed by atoms with E-state index in [0.717, 1.165) is 18.6 Å². The third kappa shape index (κ3) is 2.43. The monoisotopic (exact) mass is 250 g/mol. The van der Waals surface area contributed by atoms with Crippen LogP contribution in [0.5, 0.6) is 11.6 Å². The van der Waals surface area contributed by atoms with Crippen molar-refractivity contribution < 1.29 is 4.74 Å². The minimum atomic E-state index is 0.376. The predicted octanol–water partition coefficient (Wildman–Crippen LogP) is 3.62. The number of fused-ring (bicyclic) bond motifs is 1.